The first-order valence-corrected chi connectivity index (χ1v) is 8.97. The molecule has 1 unspecified atom stereocenters. The normalized spacial score (nSPS) is 17.4. The van der Waals surface area contributed by atoms with E-state index in [-0.39, 0.29) is 12.0 Å². The smallest absolute Gasteiger partial charge is 0.242 e. The average Bonchev–Trinajstić information content (AvgIpc) is 3.05. The van der Waals surface area contributed by atoms with E-state index in [1.54, 1.807) is 12.3 Å². The van der Waals surface area contributed by atoms with Gasteiger partial charge < -0.3 is 14.2 Å². The van der Waals surface area contributed by atoms with Gasteiger partial charge in [-0.25, -0.2) is 4.98 Å². The van der Waals surface area contributed by atoms with Crippen LogP contribution >= 0.6 is 0 Å². The van der Waals surface area contributed by atoms with Gasteiger partial charge in [-0.3, -0.25) is 4.79 Å². The van der Waals surface area contributed by atoms with Gasteiger partial charge in [0.15, 0.2) is 0 Å². The van der Waals surface area contributed by atoms with Crippen molar-refractivity contribution in [3.05, 3.63) is 54.6 Å². The summed E-state index contributed by atoms with van der Waals surface area (Å²) in [6.45, 7) is 3.57. The number of hydrogen-bond donors (Lipinski definition) is 0. The molecule has 0 N–H and O–H groups in total. The fourth-order valence-electron chi connectivity index (χ4n) is 3.46. The standard InChI is InChI=1S/C20H22N4O2/c1-15-21-10-8-19(22-15)26-17-6-4-11-24(13-17)20(25)14-23-12-9-16-5-2-3-7-18(16)23/h2-3,5,7-10,12,17H,4,6,11,13-14H2,1H3. The van der Waals surface area contributed by atoms with Crippen LogP contribution in [0.2, 0.25) is 0 Å². The number of carbonyl (C=O) groups is 1. The third-order valence-corrected chi connectivity index (χ3v) is 4.75. The van der Waals surface area contributed by atoms with E-state index in [1.165, 1.54) is 0 Å². The van der Waals surface area contributed by atoms with Crippen LogP contribution in [0.1, 0.15) is 18.7 Å². The minimum absolute atomic E-state index is 0.0246. The molecule has 0 radical (unpaired) electrons. The van der Waals surface area contributed by atoms with Crippen molar-refractivity contribution < 1.29 is 9.53 Å². The van der Waals surface area contributed by atoms with Crippen molar-refractivity contribution in [2.45, 2.75) is 32.4 Å². The number of hydrogen-bond acceptors (Lipinski definition) is 4. The Morgan fingerprint density at radius 3 is 3.04 bits per heavy atom. The second-order valence-corrected chi connectivity index (χ2v) is 6.67. The Labute approximate surface area is 152 Å². The Bertz CT molecular complexity index is 921. The van der Waals surface area contributed by atoms with Gasteiger partial charge in [0.2, 0.25) is 11.8 Å². The van der Waals surface area contributed by atoms with Gasteiger partial charge in [0.1, 0.15) is 18.5 Å². The lowest BCUT2D eigenvalue weighted by Gasteiger charge is -2.32. The predicted octanol–water partition coefficient (Wildman–Crippen LogP) is 2.81. The highest BCUT2D eigenvalue weighted by atomic mass is 16.5. The van der Waals surface area contributed by atoms with Crippen LogP contribution in [0.4, 0.5) is 0 Å². The number of aryl methyl sites for hydroxylation is 1. The van der Waals surface area contributed by atoms with E-state index in [0.717, 1.165) is 30.3 Å². The Balaban J connectivity index is 1.41. The molecule has 1 aliphatic rings. The largest absolute Gasteiger partial charge is 0.472 e. The fraction of sp³-hybridized carbons (Fsp3) is 0.350. The minimum atomic E-state index is -0.0246. The number of nitrogens with zero attached hydrogens (tertiary/aromatic N) is 4. The zero-order valence-electron chi connectivity index (χ0n) is 14.8. The van der Waals surface area contributed by atoms with Crippen LogP contribution in [-0.4, -0.2) is 44.5 Å². The van der Waals surface area contributed by atoms with E-state index >= 15 is 0 Å². The molecule has 4 rings (SSSR count). The summed E-state index contributed by atoms with van der Waals surface area (Å²) in [6.07, 6.45) is 5.51. The highest BCUT2D eigenvalue weighted by Crippen LogP contribution is 2.19. The van der Waals surface area contributed by atoms with Crippen LogP contribution in [0.25, 0.3) is 10.9 Å². The molecule has 6 heteroatoms. The lowest BCUT2D eigenvalue weighted by molar-refractivity contribution is -0.134. The maximum atomic E-state index is 12.8. The number of ether oxygens (including phenoxy) is 1. The van der Waals surface area contributed by atoms with Crippen LogP contribution in [0, 0.1) is 6.92 Å². The van der Waals surface area contributed by atoms with Crippen molar-refractivity contribution in [1.82, 2.24) is 19.4 Å². The van der Waals surface area contributed by atoms with Crippen LogP contribution in [0.5, 0.6) is 5.88 Å². The minimum Gasteiger partial charge on any atom is -0.472 e. The molecule has 26 heavy (non-hydrogen) atoms. The number of amides is 1. The first-order valence-electron chi connectivity index (χ1n) is 8.97. The van der Waals surface area contributed by atoms with Crippen molar-refractivity contribution >= 4 is 16.8 Å². The maximum Gasteiger partial charge on any atom is 0.242 e. The van der Waals surface area contributed by atoms with Crippen LogP contribution < -0.4 is 4.74 Å². The molecule has 2 aromatic heterocycles. The number of benzene rings is 1. The summed E-state index contributed by atoms with van der Waals surface area (Å²) >= 11 is 0. The van der Waals surface area contributed by atoms with Crippen molar-refractivity contribution in [2.75, 3.05) is 13.1 Å². The highest BCUT2D eigenvalue weighted by molar-refractivity contribution is 5.83. The molecule has 1 amide bonds. The van der Waals surface area contributed by atoms with Crippen LogP contribution in [-0.2, 0) is 11.3 Å². The summed E-state index contributed by atoms with van der Waals surface area (Å²) in [5.41, 5.74) is 1.09. The number of aromatic nitrogens is 3. The van der Waals surface area contributed by atoms with E-state index in [4.69, 9.17) is 4.74 Å². The monoisotopic (exact) mass is 350 g/mol. The fourth-order valence-corrected chi connectivity index (χ4v) is 3.46. The quantitative estimate of drug-likeness (QED) is 0.726. The van der Waals surface area contributed by atoms with Gasteiger partial charge in [0.05, 0.1) is 6.54 Å². The zero-order chi connectivity index (χ0) is 17.9. The maximum absolute atomic E-state index is 12.8. The molecule has 0 bridgehead atoms. The topological polar surface area (TPSA) is 60.2 Å². The number of carbonyl (C=O) groups excluding carboxylic acids is 1. The molecule has 1 aromatic carbocycles. The first kappa shape index (κ1) is 16.6. The number of rotatable bonds is 4. The van der Waals surface area contributed by atoms with Crippen LogP contribution in [0.3, 0.4) is 0 Å². The van der Waals surface area contributed by atoms with E-state index in [0.29, 0.717) is 24.8 Å². The molecule has 0 spiro atoms. The summed E-state index contributed by atoms with van der Waals surface area (Å²) < 4.78 is 7.98. The molecule has 1 saturated heterocycles. The zero-order valence-corrected chi connectivity index (χ0v) is 14.8. The molecule has 0 saturated carbocycles. The van der Waals surface area contributed by atoms with Gasteiger partial charge in [-0.1, -0.05) is 18.2 Å². The van der Waals surface area contributed by atoms with Crippen molar-refractivity contribution in [2.24, 2.45) is 0 Å². The summed E-state index contributed by atoms with van der Waals surface area (Å²) in [6, 6.07) is 11.9. The summed E-state index contributed by atoms with van der Waals surface area (Å²) in [4.78, 5) is 23.1. The van der Waals surface area contributed by atoms with Gasteiger partial charge in [0.25, 0.3) is 0 Å². The summed E-state index contributed by atoms with van der Waals surface area (Å²) in [5.74, 6) is 1.39. The van der Waals surface area contributed by atoms with E-state index in [9.17, 15) is 4.79 Å². The van der Waals surface area contributed by atoms with Crippen LogP contribution in [0.15, 0.2) is 48.8 Å². The molecule has 1 aliphatic heterocycles. The van der Waals surface area contributed by atoms with E-state index < -0.39 is 0 Å². The average molecular weight is 350 g/mol. The number of piperidine rings is 1. The van der Waals surface area contributed by atoms with Crippen molar-refractivity contribution in [1.29, 1.82) is 0 Å². The molecule has 6 nitrogen and oxygen atoms in total. The second-order valence-electron chi connectivity index (χ2n) is 6.67. The van der Waals surface area contributed by atoms with Gasteiger partial charge in [-0.05, 0) is 37.3 Å². The Hall–Kier alpha value is -2.89. The second kappa shape index (κ2) is 7.15. The van der Waals surface area contributed by atoms with Crippen molar-refractivity contribution in [3.8, 4) is 5.88 Å². The third kappa shape index (κ3) is 3.54. The molecular weight excluding hydrogens is 328 g/mol. The molecule has 134 valence electrons. The third-order valence-electron chi connectivity index (χ3n) is 4.75. The number of likely N-dealkylation sites (tertiary alicyclic amines) is 1. The van der Waals surface area contributed by atoms with E-state index in [1.807, 2.05) is 46.9 Å². The molecule has 0 aliphatic carbocycles. The van der Waals surface area contributed by atoms with Gasteiger partial charge >= 0.3 is 0 Å². The summed E-state index contributed by atoms with van der Waals surface area (Å²) in [5, 5.41) is 1.15. The molecular formula is C20H22N4O2. The van der Waals surface area contributed by atoms with Gasteiger partial charge in [0, 0.05) is 30.5 Å². The Kier molecular flexibility index (Phi) is 4.56. The Morgan fingerprint density at radius 1 is 1.27 bits per heavy atom. The summed E-state index contributed by atoms with van der Waals surface area (Å²) in [7, 11) is 0. The van der Waals surface area contributed by atoms with Gasteiger partial charge in [-0.15, -0.1) is 0 Å². The van der Waals surface area contributed by atoms with Gasteiger partial charge in [-0.2, -0.15) is 4.98 Å². The predicted molar refractivity (Wildman–Crippen MR) is 98.9 cm³/mol. The SMILES string of the molecule is Cc1nccc(OC2CCCN(C(=O)Cn3ccc4ccccc43)C2)n1. The molecule has 3 heterocycles. The Morgan fingerprint density at radius 2 is 2.15 bits per heavy atom. The van der Waals surface area contributed by atoms with E-state index in [2.05, 4.69) is 16.0 Å². The lowest BCUT2D eigenvalue weighted by Crippen LogP contribution is -2.45. The number of para-hydroxylation sites is 1. The molecule has 1 fully saturated rings. The molecule has 1 atom stereocenters. The highest BCUT2D eigenvalue weighted by Gasteiger charge is 2.25. The first-order chi connectivity index (χ1) is 12.7. The van der Waals surface area contributed by atoms with Crippen molar-refractivity contribution in [3.63, 3.8) is 0 Å². The lowest BCUT2D eigenvalue weighted by atomic mass is 10.1. The molecule has 3 aromatic rings. The number of fused-ring (bicyclic) bond motifs is 1.